The summed E-state index contributed by atoms with van der Waals surface area (Å²) in [5.41, 5.74) is 0.714. The second-order valence-corrected chi connectivity index (χ2v) is 6.53. The minimum atomic E-state index is -1.53. The van der Waals surface area contributed by atoms with E-state index in [1.54, 1.807) is 24.3 Å². The lowest BCUT2D eigenvalue weighted by Crippen LogP contribution is -2.33. The number of unbranched alkanes of at least 4 members (excludes halogenated alkanes) is 5. The summed E-state index contributed by atoms with van der Waals surface area (Å²) in [7, 11) is 0. The minimum absolute atomic E-state index is 0.104. The van der Waals surface area contributed by atoms with Gasteiger partial charge in [0.25, 0.3) is 0 Å². The lowest BCUT2D eigenvalue weighted by Gasteiger charge is -2.28. The molecule has 0 spiro atoms. The Hall–Kier alpha value is -1.91. The molecule has 1 aromatic rings. The van der Waals surface area contributed by atoms with E-state index in [1.807, 2.05) is 6.07 Å². The zero-order valence-corrected chi connectivity index (χ0v) is 14.9. The molecular weight excluding hydrogens is 316 g/mol. The number of carbonyl (C=O) groups is 1. The van der Waals surface area contributed by atoms with Crippen molar-refractivity contribution in [2.75, 3.05) is 6.61 Å². The zero-order chi connectivity index (χ0) is 18.1. The number of aliphatic hydroxyl groups is 2. The number of hydrogen-bond acceptors (Lipinski definition) is 4. The fourth-order valence-electron chi connectivity index (χ4n) is 2.89. The van der Waals surface area contributed by atoms with Crippen molar-refractivity contribution in [1.82, 2.24) is 0 Å². The van der Waals surface area contributed by atoms with E-state index in [2.05, 4.69) is 6.92 Å². The molecule has 0 saturated heterocycles. The van der Waals surface area contributed by atoms with Gasteiger partial charge in [-0.15, -0.1) is 0 Å². The van der Waals surface area contributed by atoms with E-state index < -0.39 is 5.79 Å². The topological polar surface area (TPSA) is 66.8 Å². The molecule has 0 amide bonds. The largest absolute Gasteiger partial charge is 0.511 e. The van der Waals surface area contributed by atoms with Crippen LogP contribution in [0, 0.1) is 0 Å². The van der Waals surface area contributed by atoms with E-state index in [0.29, 0.717) is 12.2 Å². The predicted octanol–water partition coefficient (Wildman–Crippen LogP) is 4.71. The Morgan fingerprint density at radius 3 is 2.48 bits per heavy atom. The van der Waals surface area contributed by atoms with Gasteiger partial charge in [-0.25, -0.2) is 0 Å². The number of ether oxygens (including phenoxy) is 1. The van der Waals surface area contributed by atoms with Gasteiger partial charge in [0, 0.05) is 5.56 Å². The van der Waals surface area contributed by atoms with Crippen LogP contribution in [0.5, 0.6) is 0 Å². The predicted molar refractivity (Wildman–Crippen MR) is 98.5 cm³/mol. The molecule has 1 atom stereocenters. The third-order valence-electron chi connectivity index (χ3n) is 4.37. The molecule has 1 unspecified atom stereocenters. The highest BCUT2D eigenvalue weighted by molar-refractivity contribution is 6.11. The summed E-state index contributed by atoms with van der Waals surface area (Å²) in [5.74, 6) is -1.93. The van der Waals surface area contributed by atoms with Crippen molar-refractivity contribution in [3.8, 4) is 0 Å². The summed E-state index contributed by atoms with van der Waals surface area (Å²) < 4.78 is 5.54. The summed E-state index contributed by atoms with van der Waals surface area (Å²) in [6.07, 6.45) is 9.63. The SMILES string of the molecule is CCCCCCCCOC1(O)C=CC(C(=O)c2ccccc2)=C(O)C1. The summed E-state index contributed by atoms with van der Waals surface area (Å²) >= 11 is 0. The van der Waals surface area contributed by atoms with Crippen molar-refractivity contribution < 1.29 is 19.7 Å². The Morgan fingerprint density at radius 1 is 1.12 bits per heavy atom. The second-order valence-electron chi connectivity index (χ2n) is 6.53. The van der Waals surface area contributed by atoms with Gasteiger partial charge in [0.2, 0.25) is 0 Å². The van der Waals surface area contributed by atoms with Gasteiger partial charge in [-0.2, -0.15) is 0 Å². The van der Waals surface area contributed by atoms with Gasteiger partial charge in [-0.05, 0) is 18.6 Å². The maximum absolute atomic E-state index is 12.4. The van der Waals surface area contributed by atoms with Gasteiger partial charge >= 0.3 is 0 Å². The Bertz CT molecular complexity index is 618. The number of aliphatic hydroxyl groups excluding tert-OH is 1. The molecule has 0 fully saturated rings. The molecule has 1 aliphatic rings. The first-order chi connectivity index (χ1) is 12.1. The van der Waals surface area contributed by atoms with Gasteiger partial charge in [-0.3, -0.25) is 4.79 Å². The fourth-order valence-corrected chi connectivity index (χ4v) is 2.89. The van der Waals surface area contributed by atoms with Crippen molar-refractivity contribution in [3.63, 3.8) is 0 Å². The number of Topliss-reactive ketones (excluding diaryl/α,β-unsaturated/α-hetero) is 1. The van der Waals surface area contributed by atoms with Crippen molar-refractivity contribution in [2.24, 2.45) is 0 Å². The van der Waals surface area contributed by atoms with Gasteiger partial charge in [-0.1, -0.05) is 69.4 Å². The first kappa shape index (κ1) is 19.4. The number of benzene rings is 1. The van der Waals surface area contributed by atoms with Crippen LogP contribution in [0.15, 0.2) is 53.8 Å². The number of ketones is 1. The minimum Gasteiger partial charge on any atom is -0.511 e. The van der Waals surface area contributed by atoms with E-state index in [1.165, 1.54) is 37.8 Å². The quantitative estimate of drug-likeness (QED) is 0.366. The molecule has 0 heterocycles. The first-order valence-electron chi connectivity index (χ1n) is 9.13. The van der Waals surface area contributed by atoms with Crippen LogP contribution in [0.2, 0.25) is 0 Å². The van der Waals surface area contributed by atoms with Gasteiger partial charge < -0.3 is 14.9 Å². The third kappa shape index (κ3) is 5.83. The maximum atomic E-state index is 12.4. The van der Waals surface area contributed by atoms with Crippen LogP contribution in [-0.2, 0) is 4.74 Å². The molecule has 0 saturated carbocycles. The highest BCUT2D eigenvalue weighted by Gasteiger charge is 2.32. The molecule has 1 aliphatic carbocycles. The van der Waals surface area contributed by atoms with E-state index in [-0.39, 0.29) is 23.5 Å². The molecule has 4 heteroatoms. The van der Waals surface area contributed by atoms with Crippen LogP contribution in [0.1, 0.15) is 62.2 Å². The van der Waals surface area contributed by atoms with E-state index in [9.17, 15) is 15.0 Å². The fraction of sp³-hybridized carbons (Fsp3) is 0.476. The van der Waals surface area contributed by atoms with E-state index >= 15 is 0 Å². The average Bonchev–Trinajstić information content (AvgIpc) is 2.61. The van der Waals surface area contributed by atoms with Crippen molar-refractivity contribution in [3.05, 3.63) is 59.4 Å². The number of allylic oxidation sites excluding steroid dienone is 2. The molecule has 0 bridgehead atoms. The standard InChI is InChI=1S/C21H28O4/c1-2-3-4-5-6-10-15-25-21(24)14-13-18(19(22)16-21)20(23)17-11-8-7-9-12-17/h7-9,11-14,22,24H,2-6,10,15-16H2,1H3. The highest BCUT2D eigenvalue weighted by atomic mass is 16.6. The van der Waals surface area contributed by atoms with Crippen LogP contribution in [0.25, 0.3) is 0 Å². The highest BCUT2D eigenvalue weighted by Crippen LogP contribution is 2.29. The lowest BCUT2D eigenvalue weighted by molar-refractivity contribution is -0.170. The molecule has 25 heavy (non-hydrogen) atoms. The Labute approximate surface area is 149 Å². The van der Waals surface area contributed by atoms with Gasteiger partial charge in [0.05, 0.1) is 18.6 Å². The van der Waals surface area contributed by atoms with E-state index in [4.69, 9.17) is 4.74 Å². The van der Waals surface area contributed by atoms with Crippen molar-refractivity contribution in [2.45, 2.75) is 57.7 Å². The molecule has 1 aromatic carbocycles. The summed E-state index contributed by atoms with van der Waals surface area (Å²) in [4.78, 5) is 12.4. The van der Waals surface area contributed by atoms with Crippen molar-refractivity contribution >= 4 is 5.78 Å². The summed E-state index contributed by atoms with van der Waals surface area (Å²) in [6, 6.07) is 8.78. The van der Waals surface area contributed by atoms with E-state index in [0.717, 1.165) is 12.8 Å². The van der Waals surface area contributed by atoms with Crippen molar-refractivity contribution in [1.29, 1.82) is 0 Å². The third-order valence-corrected chi connectivity index (χ3v) is 4.37. The smallest absolute Gasteiger partial charge is 0.196 e. The van der Waals surface area contributed by atoms with Crippen LogP contribution in [-0.4, -0.2) is 28.4 Å². The van der Waals surface area contributed by atoms with Crippen LogP contribution in [0.3, 0.4) is 0 Å². The summed E-state index contributed by atoms with van der Waals surface area (Å²) in [6.45, 7) is 2.62. The molecule has 136 valence electrons. The van der Waals surface area contributed by atoms with Crippen LogP contribution < -0.4 is 0 Å². The number of hydrogen-bond donors (Lipinski definition) is 2. The Morgan fingerprint density at radius 2 is 1.80 bits per heavy atom. The zero-order valence-electron chi connectivity index (χ0n) is 14.9. The molecule has 2 rings (SSSR count). The van der Waals surface area contributed by atoms with Gasteiger partial charge in [0.15, 0.2) is 11.6 Å². The monoisotopic (exact) mass is 344 g/mol. The number of rotatable bonds is 10. The molecule has 0 aromatic heterocycles. The summed E-state index contributed by atoms with van der Waals surface area (Å²) in [5, 5.41) is 20.6. The molecule has 0 aliphatic heterocycles. The Balaban J connectivity index is 1.84. The van der Waals surface area contributed by atoms with Crippen LogP contribution >= 0.6 is 0 Å². The Kier molecular flexibility index (Phi) is 7.41. The normalized spacial score (nSPS) is 20.1. The average molecular weight is 344 g/mol. The molecule has 2 N–H and O–H groups in total. The maximum Gasteiger partial charge on any atom is 0.196 e. The lowest BCUT2D eigenvalue weighted by atomic mass is 9.94. The number of carbonyl (C=O) groups excluding carboxylic acids is 1. The first-order valence-corrected chi connectivity index (χ1v) is 9.13. The molecule has 0 radical (unpaired) electrons. The van der Waals surface area contributed by atoms with Crippen LogP contribution in [0.4, 0.5) is 0 Å². The second kappa shape index (κ2) is 9.54. The molecule has 4 nitrogen and oxygen atoms in total. The van der Waals surface area contributed by atoms with Gasteiger partial charge in [0.1, 0.15) is 5.76 Å². The molecular formula is C21H28O4.